The van der Waals surface area contributed by atoms with Gasteiger partial charge in [-0.3, -0.25) is 0 Å². The van der Waals surface area contributed by atoms with E-state index in [1.807, 2.05) is 0 Å². The first kappa shape index (κ1) is 13.9. The lowest BCUT2D eigenvalue weighted by molar-refractivity contribution is 0.0685. The summed E-state index contributed by atoms with van der Waals surface area (Å²) in [5.41, 5.74) is 0.537. The minimum Gasteiger partial charge on any atom is -0.485 e. The van der Waals surface area contributed by atoms with Crippen LogP contribution >= 0.6 is 0 Å². The Balaban J connectivity index is 2.78. The summed E-state index contributed by atoms with van der Waals surface area (Å²) in [5.74, 6) is -1.74. The van der Waals surface area contributed by atoms with Crippen molar-refractivity contribution in [2.45, 2.75) is 19.6 Å². The Kier molecular flexibility index (Phi) is 5.31. The van der Waals surface area contributed by atoms with Gasteiger partial charge in [0, 0.05) is 13.7 Å². The van der Waals surface area contributed by atoms with Crippen LogP contribution in [-0.4, -0.2) is 26.9 Å². The predicted octanol–water partition coefficient (Wildman–Crippen LogP) is 2.10. The van der Waals surface area contributed by atoms with E-state index in [1.54, 1.807) is 14.0 Å². The molecule has 0 heterocycles. The largest absolute Gasteiger partial charge is 0.485 e. The van der Waals surface area contributed by atoms with E-state index in [0.717, 1.165) is 0 Å². The average molecular weight is 245 g/mol. The second-order valence-corrected chi connectivity index (χ2v) is 3.78. The van der Waals surface area contributed by atoms with Gasteiger partial charge in [-0.05, 0) is 31.7 Å². The smallest absolute Gasteiger partial charge is 0.190 e. The van der Waals surface area contributed by atoms with Gasteiger partial charge in [-0.15, -0.1) is 0 Å². The van der Waals surface area contributed by atoms with Gasteiger partial charge >= 0.3 is 0 Å². The Labute approximate surface area is 99.7 Å². The molecule has 17 heavy (non-hydrogen) atoms. The molecule has 0 aliphatic carbocycles. The molecule has 0 spiro atoms. The Hall–Kier alpha value is -1.20. The highest BCUT2D eigenvalue weighted by Crippen LogP contribution is 2.23. The molecule has 0 aliphatic rings. The lowest BCUT2D eigenvalue weighted by atomic mass is 10.2. The summed E-state index contributed by atoms with van der Waals surface area (Å²) in [6.45, 7) is 2.27. The second kappa shape index (κ2) is 6.51. The highest BCUT2D eigenvalue weighted by Gasteiger charge is 2.13. The topological polar surface area (TPSA) is 30.5 Å². The first-order chi connectivity index (χ1) is 8.08. The number of methoxy groups -OCH3 is 1. The molecule has 0 radical (unpaired) electrons. The minimum atomic E-state index is -0.696. The van der Waals surface area contributed by atoms with Crippen molar-refractivity contribution in [3.05, 3.63) is 29.3 Å². The van der Waals surface area contributed by atoms with E-state index >= 15 is 0 Å². The third-order valence-corrected chi connectivity index (χ3v) is 2.30. The van der Waals surface area contributed by atoms with Crippen LogP contribution < -0.4 is 10.1 Å². The van der Waals surface area contributed by atoms with E-state index < -0.39 is 11.6 Å². The summed E-state index contributed by atoms with van der Waals surface area (Å²) in [6.07, 6.45) is -0.217. The molecule has 0 bridgehead atoms. The van der Waals surface area contributed by atoms with Crippen LogP contribution in [0.15, 0.2) is 12.1 Å². The van der Waals surface area contributed by atoms with E-state index in [9.17, 15) is 8.78 Å². The quantitative estimate of drug-likeness (QED) is 0.832. The first-order valence-electron chi connectivity index (χ1n) is 5.36. The maximum Gasteiger partial charge on any atom is 0.190 e. The molecule has 0 saturated heterocycles. The van der Waals surface area contributed by atoms with Gasteiger partial charge in [-0.2, -0.15) is 0 Å². The Morgan fingerprint density at radius 3 is 2.35 bits per heavy atom. The van der Waals surface area contributed by atoms with Crippen LogP contribution in [-0.2, 0) is 11.3 Å². The van der Waals surface area contributed by atoms with Crippen molar-refractivity contribution in [1.82, 2.24) is 5.32 Å². The van der Waals surface area contributed by atoms with Gasteiger partial charge in [0.2, 0.25) is 0 Å². The van der Waals surface area contributed by atoms with Gasteiger partial charge in [-0.25, -0.2) is 8.78 Å². The number of hydrogen-bond acceptors (Lipinski definition) is 3. The van der Waals surface area contributed by atoms with Gasteiger partial charge in [0.25, 0.3) is 0 Å². The van der Waals surface area contributed by atoms with Gasteiger partial charge in [-0.1, -0.05) is 0 Å². The molecular formula is C12H17F2NO2. The van der Waals surface area contributed by atoms with Crippen LogP contribution in [0.2, 0.25) is 0 Å². The van der Waals surface area contributed by atoms with Crippen molar-refractivity contribution in [1.29, 1.82) is 0 Å². The fraction of sp³-hybridized carbons (Fsp3) is 0.500. The fourth-order valence-electron chi connectivity index (χ4n) is 1.33. The van der Waals surface area contributed by atoms with Crippen LogP contribution in [0.3, 0.4) is 0 Å². The first-order valence-corrected chi connectivity index (χ1v) is 5.36. The van der Waals surface area contributed by atoms with E-state index in [0.29, 0.717) is 12.1 Å². The van der Waals surface area contributed by atoms with Crippen molar-refractivity contribution in [3.63, 3.8) is 0 Å². The Morgan fingerprint density at radius 2 is 1.88 bits per heavy atom. The van der Waals surface area contributed by atoms with Crippen molar-refractivity contribution in [3.8, 4) is 5.75 Å². The normalized spacial score (nSPS) is 12.5. The summed E-state index contributed by atoms with van der Waals surface area (Å²) < 4.78 is 37.1. The second-order valence-electron chi connectivity index (χ2n) is 3.78. The van der Waals surface area contributed by atoms with Crippen LogP contribution in [0.25, 0.3) is 0 Å². The van der Waals surface area contributed by atoms with E-state index in [-0.39, 0.29) is 18.5 Å². The van der Waals surface area contributed by atoms with Crippen molar-refractivity contribution in [2.24, 2.45) is 0 Å². The number of halogens is 2. The van der Waals surface area contributed by atoms with Crippen LogP contribution in [0.1, 0.15) is 12.5 Å². The predicted molar refractivity (Wildman–Crippen MR) is 61.1 cm³/mol. The molecule has 0 aliphatic heterocycles. The van der Waals surface area contributed by atoms with Crippen LogP contribution in [0, 0.1) is 11.6 Å². The molecule has 0 saturated carbocycles. The van der Waals surface area contributed by atoms with Gasteiger partial charge < -0.3 is 14.8 Å². The van der Waals surface area contributed by atoms with E-state index in [4.69, 9.17) is 9.47 Å². The standard InChI is InChI=1S/C12H17F2NO2/c1-8(16-3)7-17-12-10(13)4-9(6-15-2)5-11(12)14/h4-5,8,15H,6-7H2,1-3H3. The number of ether oxygens (including phenoxy) is 2. The molecule has 1 atom stereocenters. The zero-order valence-corrected chi connectivity index (χ0v) is 10.2. The number of nitrogens with one attached hydrogen (secondary N) is 1. The molecule has 1 rings (SSSR count). The highest BCUT2D eigenvalue weighted by molar-refractivity contribution is 5.31. The highest BCUT2D eigenvalue weighted by atomic mass is 19.1. The molecule has 5 heteroatoms. The lowest BCUT2D eigenvalue weighted by Gasteiger charge is -2.13. The summed E-state index contributed by atoms with van der Waals surface area (Å²) in [7, 11) is 3.22. The monoisotopic (exact) mass is 245 g/mol. The maximum absolute atomic E-state index is 13.6. The van der Waals surface area contributed by atoms with Gasteiger partial charge in [0.05, 0.1) is 6.10 Å². The van der Waals surface area contributed by atoms with Crippen molar-refractivity contribution in [2.75, 3.05) is 20.8 Å². The SMILES string of the molecule is CNCc1cc(F)c(OCC(C)OC)c(F)c1. The number of hydrogen-bond donors (Lipinski definition) is 1. The van der Waals surface area contributed by atoms with Crippen LogP contribution in [0.5, 0.6) is 5.75 Å². The third kappa shape index (κ3) is 3.94. The molecule has 96 valence electrons. The maximum atomic E-state index is 13.6. The summed E-state index contributed by atoms with van der Waals surface area (Å²) in [6, 6.07) is 2.51. The minimum absolute atomic E-state index is 0.107. The van der Waals surface area contributed by atoms with Crippen LogP contribution in [0.4, 0.5) is 8.78 Å². The number of rotatable bonds is 6. The number of benzene rings is 1. The summed E-state index contributed by atoms with van der Waals surface area (Å²) >= 11 is 0. The van der Waals surface area contributed by atoms with Gasteiger partial charge in [0.1, 0.15) is 6.61 Å². The Morgan fingerprint density at radius 1 is 1.29 bits per heavy atom. The lowest BCUT2D eigenvalue weighted by Crippen LogP contribution is -2.17. The molecule has 0 fully saturated rings. The molecule has 1 unspecified atom stereocenters. The summed E-state index contributed by atoms with van der Waals surface area (Å²) in [4.78, 5) is 0. The molecule has 3 nitrogen and oxygen atoms in total. The molecule has 0 aromatic heterocycles. The molecular weight excluding hydrogens is 228 g/mol. The van der Waals surface area contributed by atoms with Crippen molar-refractivity contribution >= 4 is 0 Å². The van der Waals surface area contributed by atoms with Gasteiger partial charge in [0.15, 0.2) is 17.4 Å². The zero-order valence-electron chi connectivity index (χ0n) is 10.2. The molecule has 1 N–H and O–H groups in total. The third-order valence-electron chi connectivity index (χ3n) is 2.30. The molecule has 0 amide bonds. The summed E-state index contributed by atoms with van der Waals surface area (Å²) in [5, 5.41) is 2.82. The molecule has 1 aromatic carbocycles. The van der Waals surface area contributed by atoms with E-state index in [2.05, 4.69) is 5.32 Å². The zero-order chi connectivity index (χ0) is 12.8. The molecule has 1 aromatic rings. The average Bonchev–Trinajstić information content (AvgIpc) is 2.28. The Bertz CT molecular complexity index is 349. The van der Waals surface area contributed by atoms with E-state index in [1.165, 1.54) is 19.2 Å². The fourth-order valence-corrected chi connectivity index (χ4v) is 1.33. The van der Waals surface area contributed by atoms with Crippen molar-refractivity contribution < 1.29 is 18.3 Å².